The number of carbonyl (C=O) groups excluding carboxylic acids is 3. The van der Waals surface area contributed by atoms with Gasteiger partial charge in [0.2, 0.25) is 11.6 Å². The molecule has 7 nitrogen and oxygen atoms in total. The van der Waals surface area contributed by atoms with Crippen LogP contribution < -0.4 is 4.90 Å². The van der Waals surface area contributed by atoms with E-state index in [1.54, 1.807) is 24.3 Å². The zero-order valence-corrected chi connectivity index (χ0v) is 23.2. The lowest BCUT2D eigenvalue weighted by Crippen LogP contribution is -2.29. The van der Waals surface area contributed by atoms with Crippen LogP contribution in [-0.4, -0.2) is 58.6 Å². The lowest BCUT2D eigenvalue weighted by atomic mass is 9.96. The highest BCUT2D eigenvalue weighted by Gasteiger charge is 2.41. The van der Waals surface area contributed by atoms with E-state index in [-0.39, 0.29) is 28.0 Å². The second kappa shape index (κ2) is 12.8. The molecular formula is C31H40N2O5. The number of allylic oxidation sites excluding steroid dienone is 6. The van der Waals surface area contributed by atoms with E-state index in [2.05, 4.69) is 25.7 Å². The number of Topliss-reactive ketones (excluding diaryl/α,β-unsaturated/α-hetero) is 2. The molecule has 1 aromatic carbocycles. The third kappa shape index (κ3) is 5.77. The monoisotopic (exact) mass is 520 g/mol. The molecule has 204 valence electrons. The van der Waals surface area contributed by atoms with Crippen LogP contribution in [-0.2, 0) is 14.4 Å². The largest absolute Gasteiger partial charge is 0.507 e. The summed E-state index contributed by atoms with van der Waals surface area (Å²) in [5, 5.41) is 21.9. The molecule has 2 N–H and O–H groups in total. The molecule has 0 bridgehead atoms. The number of aliphatic hydroxyl groups excluding tert-OH is 1. The van der Waals surface area contributed by atoms with Crippen molar-refractivity contribution >= 4 is 28.6 Å². The number of hydrogen-bond acceptors (Lipinski definition) is 7. The predicted molar refractivity (Wildman–Crippen MR) is 151 cm³/mol. The molecule has 0 spiro atoms. The number of benzene rings is 1. The molecule has 0 aliphatic heterocycles. The Hall–Kier alpha value is -3.61. The van der Waals surface area contributed by atoms with Gasteiger partial charge in [-0.1, -0.05) is 33.1 Å². The number of hydrogen-bond donors (Lipinski definition) is 2. The zero-order valence-electron chi connectivity index (χ0n) is 23.2. The van der Waals surface area contributed by atoms with Crippen LogP contribution in [0.15, 0.2) is 59.0 Å². The number of aliphatic hydroxyl groups is 1. The summed E-state index contributed by atoms with van der Waals surface area (Å²) >= 11 is 0. The molecule has 2 aliphatic rings. The lowest BCUT2D eigenvalue weighted by Gasteiger charge is -2.28. The van der Waals surface area contributed by atoms with Crippen molar-refractivity contribution in [2.24, 2.45) is 5.92 Å². The second-order valence-corrected chi connectivity index (χ2v) is 9.77. The van der Waals surface area contributed by atoms with Crippen LogP contribution >= 0.6 is 0 Å². The van der Waals surface area contributed by atoms with Crippen LogP contribution in [0.5, 0.6) is 5.75 Å². The van der Waals surface area contributed by atoms with E-state index in [4.69, 9.17) is 0 Å². The molecule has 0 amide bonds. The Morgan fingerprint density at radius 2 is 1.50 bits per heavy atom. The number of phenols is 1. The fourth-order valence-corrected chi connectivity index (χ4v) is 5.14. The average molecular weight is 521 g/mol. The van der Waals surface area contributed by atoms with Crippen LogP contribution in [0, 0.1) is 5.92 Å². The van der Waals surface area contributed by atoms with Gasteiger partial charge in [0, 0.05) is 60.8 Å². The number of carbonyl (C=O) groups is 3. The standard InChI is InChI=1S/C31H40N2O5/c1-6-11-12-20(7-2)19-33(10-5)22-14-16-24(26(35)18-22)28-29(36)27(30(37)31(28)38)23-15-13-21(17-25(23)34)32(8-3)9-4/h13-18,20,35-36H,6-12,19H2,1-5H3/b27-23-. The SMILES string of the molecule is CCCCC(CC)CN(CC)c1ccc(C2=C(O)/C(=C3\C=CC(N(CC)CC)=CC3=O)C(=O)C2=O)c(O)c1. The number of ketones is 3. The molecule has 3 rings (SSSR count). The molecule has 1 unspecified atom stereocenters. The minimum Gasteiger partial charge on any atom is -0.507 e. The van der Waals surface area contributed by atoms with Crippen molar-refractivity contribution in [1.29, 1.82) is 0 Å². The first-order chi connectivity index (χ1) is 18.2. The van der Waals surface area contributed by atoms with Crippen molar-refractivity contribution in [1.82, 2.24) is 4.90 Å². The number of nitrogens with zero attached hydrogens (tertiary/aromatic N) is 2. The number of aromatic hydroxyl groups is 1. The highest BCUT2D eigenvalue weighted by Crippen LogP contribution is 2.39. The molecule has 0 radical (unpaired) electrons. The quantitative estimate of drug-likeness (QED) is 0.277. The molecule has 1 atom stereocenters. The van der Waals surface area contributed by atoms with Gasteiger partial charge in [-0.25, -0.2) is 0 Å². The number of unbranched alkanes of at least 4 members (excludes halogenated alkanes) is 1. The molecule has 0 aromatic heterocycles. The molecule has 0 saturated heterocycles. The Morgan fingerprint density at radius 3 is 2.05 bits per heavy atom. The Bertz CT molecular complexity index is 1220. The van der Waals surface area contributed by atoms with Gasteiger partial charge < -0.3 is 20.0 Å². The first-order valence-corrected chi connectivity index (χ1v) is 13.8. The predicted octanol–water partition coefficient (Wildman–Crippen LogP) is 5.52. The molecule has 7 heteroatoms. The number of anilines is 1. The third-order valence-electron chi connectivity index (χ3n) is 7.52. The van der Waals surface area contributed by atoms with Crippen LogP contribution in [0.25, 0.3) is 5.57 Å². The van der Waals surface area contributed by atoms with Crippen molar-refractivity contribution in [3.05, 3.63) is 64.6 Å². The van der Waals surface area contributed by atoms with Crippen LogP contribution in [0.1, 0.15) is 65.9 Å². The highest BCUT2D eigenvalue weighted by atomic mass is 16.3. The van der Waals surface area contributed by atoms with Gasteiger partial charge in [-0.05, 0) is 57.4 Å². The van der Waals surface area contributed by atoms with Gasteiger partial charge in [-0.15, -0.1) is 0 Å². The first kappa shape index (κ1) is 29.0. The van der Waals surface area contributed by atoms with Gasteiger partial charge in [0.15, 0.2) is 5.78 Å². The molecule has 38 heavy (non-hydrogen) atoms. The molecule has 0 heterocycles. The summed E-state index contributed by atoms with van der Waals surface area (Å²) in [7, 11) is 0. The first-order valence-electron chi connectivity index (χ1n) is 13.8. The minimum absolute atomic E-state index is 0.0299. The van der Waals surface area contributed by atoms with Crippen molar-refractivity contribution in [2.45, 2.75) is 60.3 Å². The summed E-state index contributed by atoms with van der Waals surface area (Å²) in [5.41, 5.74) is 0.955. The van der Waals surface area contributed by atoms with Gasteiger partial charge in [-0.2, -0.15) is 0 Å². The van der Waals surface area contributed by atoms with E-state index < -0.39 is 23.1 Å². The van der Waals surface area contributed by atoms with E-state index in [0.29, 0.717) is 24.7 Å². The fourth-order valence-electron chi connectivity index (χ4n) is 5.14. The summed E-state index contributed by atoms with van der Waals surface area (Å²) in [4.78, 5) is 43.0. The third-order valence-corrected chi connectivity index (χ3v) is 7.52. The summed E-state index contributed by atoms with van der Waals surface area (Å²) in [6.07, 6.45) is 9.11. The summed E-state index contributed by atoms with van der Waals surface area (Å²) in [6.45, 7) is 13.4. The van der Waals surface area contributed by atoms with Crippen molar-refractivity contribution in [3.63, 3.8) is 0 Å². The Labute approximate surface area is 225 Å². The van der Waals surface area contributed by atoms with Crippen LogP contribution in [0.3, 0.4) is 0 Å². The fraction of sp³-hybridized carbons (Fsp3) is 0.452. The minimum atomic E-state index is -0.953. The maximum atomic E-state index is 13.0. The second-order valence-electron chi connectivity index (χ2n) is 9.77. The van der Waals surface area contributed by atoms with E-state index in [0.717, 1.165) is 38.0 Å². The summed E-state index contributed by atoms with van der Waals surface area (Å²) in [6, 6.07) is 4.92. The topological polar surface area (TPSA) is 98.2 Å². The van der Waals surface area contributed by atoms with Gasteiger partial charge in [0.25, 0.3) is 0 Å². The van der Waals surface area contributed by atoms with Crippen LogP contribution in [0.4, 0.5) is 5.69 Å². The molecule has 0 saturated carbocycles. The van der Waals surface area contributed by atoms with E-state index in [1.807, 2.05) is 18.7 Å². The lowest BCUT2D eigenvalue weighted by molar-refractivity contribution is -0.130. The van der Waals surface area contributed by atoms with E-state index >= 15 is 0 Å². The highest BCUT2D eigenvalue weighted by molar-refractivity contribution is 6.63. The number of likely N-dealkylation sites (N-methyl/N-ethyl adjacent to an activating group) is 1. The van der Waals surface area contributed by atoms with Crippen molar-refractivity contribution in [3.8, 4) is 5.75 Å². The average Bonchev–Trinajstić information content (AvgIpc) is 3.12. The summed E-state index contributed by atoms with van der Waals surface area (Å²) < 4.78 is 0. The Morgan fingerprint density at radius 1 is 0.842 bits per heavy atom. The van der Waals surface area contributed by atoms with E-state index in [1.165, 1.54) is 18.6 Å². The smallest absolute Gasteiger partial charge is 0.238 e. The van der Waals surface area contributed by atoms with Gasteiger partial charge in [-0.3, -0.25) is 14.4 Å². The Balaban J connectivity index is 1.96. The molecular weight excluding hydrogens is 480 g/mol. The van der Waals surface area contributed by atoms with Crippen LogP contribution in [0.2, 0.25) is 0 Å². The number of phenolic OH excluding ortho intramolecular Hbond substituents is 1. The van der Waals surface area contributed by atoms with Crippen molar-refractivity contribution in [2.75, 3.05) is 31.1 Å². The molecule has 2 aliphatic carbocycles. The molecule has 1 aromatic rings. The van der Waals surface area contributed by atoms with Gasteiger partial charge in [0.1, 0.15) is 11.5 Å². The van der Waals surface area contributed by atoms with Gasteiger partial charge in [0.05, 0.1) is 11.1 Å². The van der Waals surface area contributed by atoms with Crippen molar-refractivity contribution < 1.29 is 24.6 Å². The maximum absolute atomic E-state index is 13.0. The maximum Gasteiger partial charge on any atom is 0.238 e. The summed E-state index contributed by atoms with van der Waals surface area (Å²) in [5.74, 6) is -2.59. The number of rotatable bonds is 12. The normalized spacial score (nSPS) is 18.3. The Kier molecular flexibility index (Phi) is 9.72. The van der Waals surface area contributed by atoms with E-state index in [9.17, 15) is 24.6 Å². The zero-order chi connectivity index (χ0) is 28.0. The van der Waals surface area contributed by atoms with Gasteiger partial charge >= 0.3 is 0 Å². The molecule has 0 fully saturated rings.